The molecule has 0 aromatic heterocycles. The lowest BCUT2D eigenvalue weighted by Gasteiger charge is -2.38. The minimum Gasteiger partial charge on any atom is -0.314 e. The van der Waals surface area contributed by atoms with Gasteiger partial charge in [-0.2, -0.15) is 0 Å². The molecular formula is C17H27N3. The van der Waals surface area contributed by atoms with Gasteiger partial charge in [0, 0.05) is 38.3 Å². The van der Waals surface area contributed by atoms with Gasteiger partial charge in [0.15, 0.2) is 0 Å². The van der Waals surface area contributed by atoms with E-state index >= 15 is 0 Å². The van der Waals surface area contributed by atoms with Gasteiger partial charge in [0.05, 0.1) is 0 Å². The zero-order valence-corrected chi connectivity index (χ0v) is 12.6. The Morgan fingerprint density at radius 1 is 1.15 bits per heavy atom. The fourth-order valence-electron chi connectivity index (χ4n) is 3.65. The normalized spacial score (nSPS) is 28.9. The largest absolute Gasteiger partial charge is 0.314 e. The van der Waals surface area contributed by atoms with Crippen LogP contribution in [0.5, 0.6) is 0 Å². The average molecular weight is 273 g/mol. The summed E-state index contributed by atoms with van der Waals surface area (Å²) in [6.45, 7) is 5.84. The molecular weight excluding hydrogens is 246 g/mol. The van der Waals surface area contributed by atoms with Gasteiger partial charge in [0.2, 0.25) is 0 Å². The van der Waals surface area contributed by atoms with E-state index in [1.54, 1.807) is 0 Å². The average Bonchev–Trinajstić information content (AvgIpc) is 2.88. The van der Waals surface area contributed by atoms with Crippen molar-refractivity contribution in [2.24, 2.45) is 0 Å². The Balaban J connectivity index is 1.61. The van der Waals surface area contributed by atoms with E-state index < -0.39 is 0 Å². The third-order valence-electron chi connectivity index (χ3n) is 4.92. The maximum Gasteiger partial charge on any atom is 0.0239 e. The van der Waals surface area contributed by atoms with Gasteiger partial charge in [0.1, 0.15) is 0 Å². The molecule has 2 aliphatic heterocycles. The summed E-state index contributed by atoms with van der Waals surface area (Å²) in [7, 11) is 2.29. The SMILES string of the molecule is CN1CCCC1C[C@H]1CNCCN1Cc1ccccc1. The van der Waals surface area contributed by atoms with Crippen LogP contribution in [-0.2, 0) is 6.54 Å². The molecule has 2 fully saturated rings. The van der Waals surface area contributed by atoms with E-state index in [0.717, 1.165) is 25.7 Å². The van der Waals surface area contributed by atoms with Crippen molar-refractivity contribution < 1.29 is 0 Å². The van der Waals surface area contributed by atoms with Crippen LogP contribution in [0.1, 0.15) is 24.8 Å². The van der Waals surface area contributed by atoms with Crippen molar-refractivity contribution in [2.75, 3.05) is 33.2 Å². The molecule has 3 nitrogen and oxygen atoms in total. The summed E-state index contributed by atoms with van der Waals surface area (Å²) < 4.78 is 0. The molecule has 1 aromatic rings. The van der Waals surface area contributed by atoms with E-state index in [1.165, 1.54) is 37.9 Å². The Bertz CT molecular complexity index is 406. The zero-order chi connectivity index (χ0) is 13.8. The number of nitrogens with zero attached hydrogens (tertiary/aromatic N) is 2. The quantitative estimate of drug-likeness (QED) is 0.904. The molecule has 20 heavy (non-hydrogen) atoms. The van der Waals surface area contributed by atoms with Gasteiger partial charge in [-0.3, -0.25) is 4.90 Å². The molecule has 2 heterocycles. The standard InChI is InChI=1S/C17H27N3/c1-19-10-5-8-16(19)12-17-13-18-9-11-20(17)14-15-6-3-2-4-7-15/h2-4,6-7,16-18H,5,8-14H2,1H3/t16?,17-/m0/s1. The molecule has 0 radical (unpaired) electrons. The summed E-state index contributed by atoms with van der Waals surface area (Å²) in [4.78, 5) is 5.23. The van der Waals surface area contributed by atoms with Gasteiger partial charge in [-0.05, 0) is 38.4 Å². The molecule has 2 aliphatic rings. The third-order valence-corrected chi connectivity index (χ3v) is 4.92. The van der Waals surface area contributed by atoms with Crippen LogP contribution in [0.2, 0.25) is 0 Å². The second kappa shape index (κ2) is 6.70. The van der Waals surface area contributed by atoms with Crippen molar-refractivity contribution in [1.82, 2.24) is 15.1 Å². The number of hydrogen-bond acceptors (Lipinski definition) is 3. The van der Waals surface area contributed by atoms with Crippen LogP contribution in [-0.4, -0.2) is 55.1 Å². The highest BCUT2D eigenvalue weighted by atomic mass is 15.2. The number of likely N-dealkylation sites (tertiary alicyclic amines) is 1. The minimum absolute atomic E-state index is 0.689. The second-order valence-electron chi connectivity index (χ2n) is 6.33. The fraction of sp³-hybridized carbons (Fsp3) is 0.647. The van der Waals surface area contributed by atoms with Crippen molar-refractivity contribution in [3.63, 3.8) is 0 Å². The van der Waals surface area contributed by atoms with Gasteiger partial charge in [-0.15, -0.1) is 0 Å². The Kier molecular flexibility index (Phi) is 4.71. The van der Waals surface area contributed by atoms with E-state index in [4.69, 9.17) is 0 Å². The van der Waals surface area contributed by atoms with Crippen LogP contribution >= 0.6 is 0 Å². The van der Waals surface area contributed by atoms with Crippen molar-refractivity contribution >= 4 is 0 Å². The van der Waals surface area contributed by atoms with Crippen LogP contribution in [0, 0.1) is 0 Å². The first-order valence-corrected chi connectivity index (χ1v) is 8.02. The molecule has 3 rings (SSSR count). The third kappa shape index (κ3) is 3.40. The predicted molar refractivity (Wildman–Crippen MR) is 83.8 cm³/mol. The zero-order valence-electron chi connectivity index (χ0n) is 12.6. The van der Waals surface area contributed by atoms with Crippen molar-refractivity contribution in [3.8, 4) is 0 Å². The molecule has 2 atom stereocenters. The molecule has 0 bridgehead atoms. The number of piperazine rings is 1. The summed E-state index contributed by atoms with van der Waals surface area (Å²) in [6.07, 6.45) is 4.07. The van der Waals surface area contributed by atoms with Gasteiger partial charge in [-0.25, -0.2) is 0 Å². The van der Waals surface area contributed by atoms with E-state index in [0.29, 0.717) is 6.04 Å². The molecule has 0 saturated carbocycles. The smallest absolute Gasteiger partial charge is 0.0239 e. The van der Waals surface area contributed by atoms with E-state index in [-0.39, 0.29) is 0 Å². The molecule has 3 heteroatoms. The van der Waals surface area contributed by atoms with E-state index in [9.17, 15) is 0 Å². The molecule has 1 N–H and O–H groups in total. The molecule has 1 aromatic carbocycles. The highest BCUT2D eigenvalue weighted by Gasteiger charge is 2.29. The molecule has 2 saturated heterocycles. The highest BCUT2D eigenvalue weighted by molar-refractivity contribution is 5.14. The summed E-state index contributed by atoms with van der Waals surface area (Å²) in [5, 5.41) is 3.58. The Labute approximate surface area is 123 Å². The highest BCUT2D eigenvalue weighted by Crippen LogP contribution is 2.23. The lowest BCUT2D eigenvalue weighted by molar-refractivity contribution is 0.120. The second-order valence-corrected chi connectivity index (χ2v) is 6.33. The molecule has 110 valence electrons. The summed E-state index contributed by atoms with van der Waals surface area (Å²) in [5.41, 5.74) is 1.44. The van der Waals surface area contributed by atoms with Crippen molar-refractivity contribution in [2.45, 2.75) is 37.9 Å². The van der Waals surface area contributed by atoms with E-state index in [2.05, 4.69) is 52.5 Å². The molecule has 1 unspecified atom stereocenters. The van der Waals surface area contributed by atoms with Gasteiger partial charge in [0.25, 0.3) is 0 Å². The lowest BCUT2D eigenvalue weighted by Crippen LogP contribution is -2.52. The lowest BCUT2D eigenvalue weighted by atomic mass is 10.0. The van der Waals surface area contributed by atoms with Crippen LogP contribution in [0.3, 0.4) is 0 Å². The Morgan fingerprint density at radius 2 is 2.00 bits per heavy atom. The maximum absolute atomic E-state index is 3.58. The predicted octanol–water partition coefficient (Wildman–Crippen LogP) is 1.94. The number of nitrogens with one attached hydrogen (secondary N) is 1. The van der Waals surface area contributed by atoms with Crippen molar-refractivity contribution in [1.29, 1.82) is 0 Å². The maximum atomic E-state index is 3.58. The van der Waals surface area contributed by atoms with E-state index in [1.807, 2.05) is 0 Å². The summed E-state index contributed by atoms with van der Waals surface area (Å²) in [6, 6.07) is 12.4. The van der Waals surface area contributed by atoms with Gasteiger partial charge in [-0.1, -0.05) is 30.3 Å². The summed E-state index contributed by atoms with van der Waals surface area (Å²) >= 11 is 0. The van der Waals surface area contributed by atoms with Crippen LogP contribution in [0.25, 0.3) is 0 Å². The first-order valence-electron chi connectivity index (χ1n) is 8.02. The van der Waals surface area contributed by atoms with Crippen LogP contribution in [0.15, 0.2) is 30.3 Å². The first kappa shape index (κ1) is 14.1. The summed E-state index contributed by atoms with van der Waals surface area (Å²) in [5.74, 6) is 0. The number of hydrogen-bond donors (Lipinski definition) is 1. The first-order chi connectivity index (χ1) is 9.83. The monoisotopic (exact) mass is 273 g/mol. The molecule has 0 amide bonds. The fourth-order valence-corrected chi connectivity index (χ4v) is 3.65. The van der Waals surface area contributed by atoms with Crippen LogP contribution < -0.4 is 5.32 Å². The minimum atomic E-state index is 0.689. The molecule has 0 aliphatic carbocycles. The topological polar surface area (TPSA) is 18.5 Å². The van der Waals surface area contributed by atoms with Gasteiger partial charge < -0.3 is 10.2 Å². The van der Waals surface area contributed by atoms with Crippen LogP contribution in [0.4, 0.5) is 0 Å². The Morgan fingerprint density at radius 3 is 2.75 bits per heavy atom. The van der Waals surface area contributed by atoms with Crippen molar-refractivity contribution in [3.05, 3.63) is 35.9 Å². The number of rotatable bonds is 4. The Hall–Kier alpha value is -0.900. The van der Waals surface area contributed by atoms with Gasteiger partial charge >= 0.3 is 0 Å². The molecule has 0 spiro atoms. The number of benzene rings is 1.